The minimum absolute atomic E-state index is 0.0551. The number of carbonyl (C=O) groups excluding carboxylic acids is 2. The lowest BCUT2D eigenvalue weighted by molar-refractivity contribution is 0.0489. The third kappa shape index (κ3) is 12.5. The SMILES string of the molecule is CC(C)(C)OC(=O)NCCCC[C@@H](CN1CCCC1)NC(=O)OC(C)(C)C. The molecule has 0 aliphatic carbocycles. The van der Waals surface area contributed by atoms with E-state index in [1.165, 1.54) is 12.8 Å². The smallest absolute Gasteiger partial charge is 0.407 e. The van der Waals surface area contributed by atoms with Gasteiger partial charge in [0.1, 0.15) is 11.2 Å². The summed E-state index contributed by atoms with van der Waals surface area (Å²) in [5.74, 6) is 0. The molecule has 1 fully saturated rings. The van der Waals surface area contributed by atoms with Gasteiger partial charge < -0.3 is 25.0 Å². The topological polar surface area (TPSA) is 79.9 Å². The fraction of sp³-hybridized carbons (Fsp3) is 0.900. The highest BCUT2D eigenvalue weighted by atomic mass is 16.6. The van der Waals surface area contributed by atoms with E-state index < -0.39 is 11.2 Å². The van der Waals surface area contributed by atoms with E-state index in [-0.39, 0.29) is 18.2 Å². The zero-order chi connectivity index (χ0) is 20.5. The number of unbranched alkanes of at least 4 members (excludes halogenated alkanes) is 1. The summed E-state index contributed by atoms with van der Waals surface area (Å²) in [5, 5.41) is 5.79. The van der Waals surface area contributed by atoms with Crippen molar-refractivity contribution in [3.63, 3.8) is 0 Å². The predicted molar refractivity (Wildman–Crippen MR) is 107 cm³/mol. The van der Waals surface area contributed by atoms with Crippen molar-refractivity contribution >= 4 is 12.2 Å². The van der Waals surface area contributed by atoms with E-state index in [0.717, 1.165) is 38.9 Å². The Kier molecular flexibility index (Phi) is 9.36. The lowest BCUT2D eigenvalue weighted by Gasteiger charge is -2.26. The highest BCUT2D eigenvalue weighted by molar-refractivity contribution is 5.68. The van der Waals surface area contributed by atoms with Gasteiger partial charge in [-0.2, -0.15) is 0 Å². The fourth-order valence-corrected chi connectivity index (χ4v) is 2.98. The summed E-state index contributed by atoms with van der Waals surface area (Å²) in [6, 6.07) is 0.0551. The van der Waals surface area contributed by atoms with Crippen LogP contribution in [0, 0.1) is 0 Å². The number of likely N-dealkylation sites (tertiary alicyclic amines) is 1. The molecule has 1 aliphatic heterocycles. The molecule has 7 nitrogen and oxygen atoms in total. The highest BCUT2D eigenvalue weighted by Crippen LogP contribution is 2.12. The second-order valence-electron chi connectivity index (χ2n) is 9.28. The van der Waals surface area contributed by atoms with E-state index in [0.29, 0.717) is 6.54 Å². The quantitative estimate of drug-likeness (QED) is 0.623. The summed E-state index contributed by atoms with van der Waals surface area (Å²) in [7, 11) is 0. The maximum absolute atomic E-state index is 12.1. The molecule has 27 heavy (non-hydrogen) atoms. The van der Waals surface area contributed by atoms with Gasteiger partial charge in [0.25, 0.3) is 0 Å². The number of ether oxygens (including phenoxy) is 2. The number of alkyl carbamates (subject to hydrolysis) is 2. The van der Waals surface area contributed by atoms with Crippen LogP contribution in [0.15, 0.2) is 0 Å². The van der Waals surface area contributed by atoms with Gasteiger partial charge >= 0.3 is 12.2 Å². The molecule has 0 radical (unpaired) electrons. The van der Waals surface area contributed by atoms with Crippen LogP contribution >= 0.6 is 0 Å². The van der Waals surface area contributed by atoms with E-state index in [9.17, 15) is 9.59 Å². The first-order chi connectivity index (χ1) is 12.4. The first-order valence-corrected chi connectivity index (χ1v) is 10.1. The monoisotopic (exact) mass is 385 g/mol. The van der Waals surface area contributed by atoms with E-state index >= 15 is 0 Å². The summed E-state index contributed by atoms with van der Waals surface area (Å²) < 4.78 is 10.6. The number of hydrogen-bond acceptors (Lipinski definition) is 5. The average Bonchev–Trinajstić information content (AvgIpc) is 2.95. The van der Waals surface area contributed by atoms with Crippen LogP contribution in [-0.4, -0.2) is 60.5 Å². The first-order valence-electron chi connectivity index (χ1n) is 10.1. The molecular weight excluding hydrogens is 346 g/mol. The molecule has 2 N–H and O–H groups in total. The molecular formula is C20H39N3O4. The highest BCUT2D eigenvalue weighted by Gasteiger charge is 2.22. The van der Waals surface area contributed by atoms with Crippen molar-refractivity contribution in [3.05, 3.63) is 0 Å². The van der Waals surface area contributed by atoms with Gasteiger partial charge in [0, 0.05) is 19.1 Å². The van der Waals surface area contributed by atoms with Crippen molar-refractivity contribution in [2.75, 3.05) is 26.2 Å². The average molecular weight is 386 g/mol. The van der Waals surface area contributed by atoms with Crippen LogP contribution in [0.2, 0.25) is 0 Å². The zero-order valence-electron chi connectivity index (χ0n) is 18.0. The zero-order valence-corrected chi connectivity index (χ0v) is 18.0. The summed E-state index contributed by atoms with van der Waals surface area (Å²) in [6.07, 6.45) is 4.29. The van der Waals surface area contributed by atoms with E-state index in [1.807, 2.05) is 41.5 Å². The summed E-state index contributed by atoms with van der Waals surface area (Å²) in [6.45, 7) is 14.7. The van der Waals surface area contributed by atoms with E-state index in [1.54, 1.807) is 0 Å². The second-order valence-corrected chi connectivity index (χ2v) is 9.28. The largest absolute Gasteiger partial charge is 0.444 e. The Morgan fingerprint density at radius 2 is 1.48 bits per heavy atom. The molecule has 1 aliphatic rings. The molecule has 1 atom stereocenters. The molecule has 0 aromatic rings. The summed E-state index contributed by atoms with van der Waals surface area (Å²) >= 11 is 0. The number of nitrogens with zero attached hydrogens (tertiary/aromatic N) is 1. The Bertz CT molecular complexity index is 463. The molecule has 0 aromatic carbocycles. The molecule has 0 aromatic heterocycles. The Labute approximate surface area is 164 Å². The van der Waals surface area contributed by atoms with Gasteiger partial charge in [0.15, 0.2) is 0 Å². The summed E-state index contributed by atoms with van der Waals surface area (Å²) in [5.41, 5.74) is -0.984. The van der Waals surface area contributed by atoms with Crippen LogP contribution in [0.1, 0.15) is 73.6 Å². The maximum atomic E-state index is 12.1. The van der Waals surface area contributed by atoms with E-state index in [2.05, 4.69) is 15.5 Å². The van der Waals surface area contributed by atoms with Crippen molar-refractivity contribution in [2.24, 2.45) is 0 Å². The van der Waals surface area contributed by atoms with Crippen LogP contribution in [0.5, 0.6) is 0 Å². The van der Waals surface area contributed by atoms with Gasteiger partial charge in [-0.15, -0.1) is 0 Å². The lowest BCUT2D eigenvalue weighted by atomic mass is 10.1. The van der Waals surface area contributed by atoms with Crippen molar-refractivity contribution in [2.45, 2.75) is 90.9 Å². The molecule has 0 bridgehead atoms. The number of nitrogens with one attached hydrogen (secondary N) is 2. The van der Waals surface area contributed by atoms with Gasteiger partial charge in [0.2, 0.25) is 0 Å². The molecule has 0 saturated carbocycles. The van der Waals surface area contributed by atoms with Crippen LogP contribution in [0.4, 0.5) is 9.59 Å². The van der Waals surface area contributed by atoms with Gasteiger partial charge in [-0.3, -0.25) is 0 Å². The minimum Gasteiger partial charge on any atom is -0.444 e. The Morgan fingerprint density at radius 1 is 0.926 bits per heavy atom. The third-order valence-corrected chi connectivity index (χ3v) is 4.05. The minimum atomic E-state index is -0.500. The number of rotatable bonds is 8. The summed E-state index contributed by atoms with van der Waals surface area (Å²) in [4.78, 5) is 26.2. The molecule has 1 heterocycles. The van der Waals surface area contributed by atoms with Gasteiger partial charge in [-0.05, 0) is 86.7 Å². The van der Waals surface area contributed by atoms with Crippen LogP contribution in [0.3, 0.4) is 0 Å². The fourth-order valence-electron chi connectivity index (χ4n) is 2.98. The number of carbonyl (C=O) groups is 2. The second kappa shape index (κ2) is 10.7. The predicted octanol–water partition coefficient (Wildman–Crippen LogP) is 3.67. The maximum Gasteiger partial charge on any atom is 0.407 e. The Hall–Kier alpha value is -1.50. The Morgan fingerprint density at radius 3 is 2.04 bits per heavy atom. The van der Waals surface area contributed by atoms with Crippen LogP contribution in [0.25, 0.3) is 0 Å². The van der Waals surface area contributed by atoms with Crippen molar-refractivity contribution < 1.29 is 19.1 Å². The van der Waals surface area contributed by atoms with Crippen LogP contribution < -0.4 is 10.6 Å². The van der Waals surface area contributed by atoms with Gasteiger partial charge in [-0.25, -0.2) is 9.59 Å². The third-order valence-electron chi connectivity index (χ3n) is 4.05. The van der Waals surface area contributed by atoms with Gasteiger partial charge in [-0.1, -0.05) is 0 Å². The van der Waals surface area contributed by atoms with E-state index in [4.69, 9.17) is 9.47 Å². The molecule has 7 heteroatoms. The van der Waals surface area contributed by atoms with Crippen molar-refractivity contribution in [1.82, 2.24) is 15.5 Å². The number of amides is 2. The molecule has 1 rings (SSSR count). The normalized spacial score (nSPS) is 16.7. The molecule has 158 valence electrons. The lowest BCUT2D eigenvalue weighted by Crippen LogP contribution is -2.45. The van der Waals surface area contributed by atoms with Crippen molar-refractivity contribution in [1.29, 1.82) is 0 Å². The molecule has 0 unspecified atom stereocenters. The Balaban J connectivity index is 2.35. The standard InChI is InChI=1S/C20H39N3O4/c1-19(2,3)26-17(24)21-12-8-7-11-16(15-23-13-9-10-14-23)22-18(25)27-20(4,5)6/h16H,7-15H2,1-6H3,(H,21,24)(H,22,25)/t16-/m0/s1. The van der Waals surface area contributed by atoms with Crippen LogP contribution in [-0.2, 0) is 9.47 Å². The molecule has 1 saturated heterocycles. The first kappa shape index (κ1) is 23.5. The van der Waals surface area contributed by atoms with Crippen molar-refractivity contribution in [3.8, 4) is 0 Å². The molecule has 0 spiro atoms. The number of hydrogen-bond donors (Lipinski definition) is 2. The molecule has 2 amide bonds. The van der Waals surface area contributed by atoms with Gasteiger partial charge in [0.05, 0.1) is 0 Å².